The van der Waals surface area contributed by atoms with Gasteiger partial charge in [-0.25, -0.2) is 0 Å². The van der Waals surface area contributed by atoms with E-state index in [0.717, 1.165) is 44.7 Å². The average Bonchev–Trinajstić information content (AvgIpc) is 3.05. The van der Waals surface area contributed by atoms with Crippen LogP contribution >= 0.6 is 0 Å². The quantitative estimate of drug-likeness (QED) is 0.850. The van der Waals surface area contributed by atoms with E-state index in [1.54, 1.807) is 0 Å². The highest BCUT2D eigenvalue weighted by atomic mass is 16.2. The second-order valence-corrected chi connectivity index (χ2v) is 6.76. The van der Waals surface area contributed by atoms with Crippen molar-refractivity contribution in [3.05, 3.63) is 0 Å². The highest BCUT2D eigenvalue weighted by Crippen LogP contribution is 2.39. The summed E-state index contributed by atoms with van der Waals surface area (Å²) in [6.45, 7) is 4.23. The van der Waals surface area contributed by atoms with Crippen molar-refractivity contribution in [3.63, 3.8) is 0 Å². The van der Waals surface area contributed by atoms with E-state index < -0.39 is 0 Å². The molecule has 0 aromatic carbocycles. The van der Waals surface area contributed by atoms with E-state index in [-0.39, 0.29) is 5.54 Å². The standard InChI is InChI=1S/C16H28N2O/c1-2-9-16(10-5-11-17-16)15(19)18-12-8-13-6-3-4-7-14(13)18/h13-14,17H,2-12H2,1H3. The van der Waals surface area contributed by atoms with Gasteiger partial charge in [0.15, 0.2) is 0 Å². The van der Waals surface area contributed by atoms with Crippen LogP contribution in [-0.2, 0) is 4.79 Å². The van der Waals surface area contributed by atoms with Crippen molar-refractivity contribution in [3.8, 4) is 0 Å². The minimum Gasteiger partial charge on any atom is -0.338 e. The molecule has 0 radical (unpaired) electrons. The third kappa shape index (κ3) is 2.31. The third-order valence-corrected chi connectivity index (χ3v) is 5.60. The molecule has 3 fully saturated rings. The molecule has 3 heteroatoms. The molecule has 0 spiro atoms. The summed E-state index contributed by atoms with van der Waals surface area (Å²) in [5.41, 5.74) is -0.207. The van der Waals surface area contributed by atoms with Gasteiger partial charge in [-0.3, -0.25) is 4.79 Å². The lowest BCUT2D eigenvalue weighted by Gasteiger charge is -2.38. The number of carbonyl (C=O) groups is 1. The van der Waals surface area contributed by atoms with Gasteiger partial charge in [-0.05, 0) is 51.0 Å². The predicted octanol–water partition coefficient (Wildman–Crippen LogP) is 2.70. The fourth-order valence-corrected chi connectivity index (χ4v) is 4.67. The molecule has 0 bridgehead atoms. The Hall–Kier alpha value is -0.570. The van der Waals surface area contributed by atoms with Gasteiger partial charge in [0, 0.05) is 12.6 Å². The van der Waals surface area contributed by atoms with Crippen LogP contribution in [0.5, 0.6) is 0 Å². The molecule has 0 aromatic heterocycles. The molecule has 1 aliphatic carbocycles. The van der Waals surface area contributed by atoms with Crippen LogP contribution in [0.3, 0.4) is 0 Å². The predicted molar refractivity (Wildman–Crippen MR) is 77.0 cm³/mol. The minimum absolute atomic E-state index is 0.207. The molecule has 2 aliphatic heterocycles. The number of fused-ring (bicyclic) bond motifs is 1. The van der Waals surface area contributed by atoms with E-state index in [1.807, 2.05) is 0 Å². The molecule has 108 valence electrons. The van der Waals surface area contributed by atoms with Crippen LogP contribution in [0, 0.1) is 5.92 Å². The van der Waals surface area contributed by atoms with Crippen molar-refractivity contribution in [2.75, 3.05) is 13.1 Å². The summed E-state index contributed by atoms with van der Waals surface area (Å²) in [4.78, 5) is 15.3. The Kier molecular flexibility index (Phi) is 3.84. The summed E-state index contributed by atoms with van der Waals surface area (Å²) < 4.78 is 0. The van der Waals surface area contributed by atoms with E-state index in [1.165, 1.54) is 32.1 Å². The second kappa shape index (κ2) is 5.43. The van der Waals surface area contributed by atoms with Crippen molar-refractivity contribution >= 4 is 5.91 Å². The maximum atomic E-state index is 13.1. The van der Waals surface area contributed by atoms with E-state index in [2.05, 4.69) is 17.1 Å². The first-order chi connectivity index (χ1) is 9.27. The lowest BCUT2D eigenvalue weighted by molar-refractivity contribution is -0.139. The van der Waals surface area contributed by atoms with Gasteiger partial charge >= 0.3 is 0 Å². The number of nitrogens with zero attached hydrogens (tertiary/aromatic N) is 1. The van der Waals surface area contributed by atoms with Gasteiger partial charge in [0.1, 0.15) is 0 Å². The van der Waals surface area contributed by atoms with E-state index in [0.29, 0.717) is 11.9 Å². The Balaban J connectivity index is 1.75. The summed E-state index contributed by atoms with van der Waals surface area (Å²) in [5.74, 6) is 1.24. The maximum Gasteiger partial charge on any atom is 0.243 e. The molecule has 3 nitrogen and oxygen atoms in total. The number of likely N-dealkylation sites (tertiary alicyclic amines) is 1. The van der Waals surface area contributed by atoms with Gasteiger partial charge in [0.25, 0.3) is 0 Å². The van der Waals surface area contributed by atoms with Gasteiger partial charge in [-0.1, -0.05) is 26.2 Å². The summed E-state index contributed by atoms with van der Waals surface area (Å²) in [5, 5.41) is 3.55. The molecule has 0 aromatic rings. The van der Waals surface area contributed by atoms with Crippen LogP contribution in [0.25, 0.3) is 0 Å². The van der Waals surface area contributed by atoms with Crippen LogP contribution in [0.2, 0.25) is 0 Å². The summed E-state index contributed by atoms with van der Waals surface area (Å²) in [6, 6.07) is 0.567. The number of carbonyl (C=O) groups excluding carboxylic acids is 1. The number of hydrogen-bond donors (Lipinski definition) is 1. The number of nitrogens with one attached hydrogen (secondary N) is 1. The number of hydrogen-bond acceptors (Lipinski definition) is 2. The van der Waals surface area contributed by atoms with Crippen LogP contribution in [-0.4, -0.2) is 35.5 Å². The van der Waals surface area contributed by atoms with Gasteiger partial charge < -0.3 is 10.2 Å². The molecule has 2 heterocycles. The fourth-order valence-electron chi connectivity index (χ4n) is 4.67. The lowest BCUT2D eigenvalue weighted by Crippen LogP contribution is -2.56. The van der Waals surface area contributed by atoms with Crippen LogP contribution in [0.15, 0.2) is 0 Å². The summed E-state index contributed by atoms with van der Waals surface area (Å²) in [6.07, 6.45) is 10.9. The molecule has 1 amide bonds. The fraction of sp³-hybridized carbons (Fsp3) is 0.938. The van der Waals surface area contributed by atoms with Crippen molar-refractivity contribution in [2.45, 2.75) is 76.3 Å². The first-order valence-corrected chi connectivity index (χ1v) is 8.33. The first kappa shape index (κ1) is 13.4. The van der Waals surface area contributed by atoms with E-state index >= 15 is 0 Å². The molecule has 3 atom stereocenters. The molecular weight excluding hydrogens is 236 g/mol. The smallest absolute Gasteiger partial charge is 0.243 e. The topological polar surface area (TPSA) is 32.3 Å². The zero-order valence-electron chi connectivity index (χ0n) is 12.3. The lowest BCUT2D eigenvalue weighted by atomic mass is 9.84. The second-order valence-electron chi connectivity index (χ2n) is 6.76. The van der Waals surface area contributed by atoms with Gasteiger partial charge in [0.2, 0.25) is 5.91 Å². The molecule has 19 heavy (non-hydrogen) atoms. The van der Waals surface area contributed by atoms with Crippen molar-refractivity contribution in [1.82, 2.24) is 10.2 Å². The van der Waals surface area contributed by atoms with E-state index in [4.69, 9.17) is 0 Å². The average molecular weight is 264 g/mol. The largest absolute Gasteiger partial charge is 0.338 e. The minimum atomic E-state index is -0.207. The first-order valence-electron chi connectivity index (χ1n) is 8.33. The molecule has 3 aliphatic rings. The molecule has 1 N–H and O–H groups in total. The highest BCUT2D eigenvalue weighted by Gasteiger charge is 2.47. The number of amides is 1. The highest BCUT2D eigenvalue weighted by molar-refractivity contribution is 5.87. The monoisotopic (exact) mass is 264 g/mol. The van der Waals surface area contributed by atoms with Gasteiger partial charge in [0.05, 0.1) is 5.54 Å². The summed E-state index contributed by atoms with van der Waals surface area (Å²) in [7, 11) is 0. The Labute approximate surface area is 117 Å². The third-order valence-electron chi connectivity index (χ3n) is 5.60. The molecule has 1 saturated carbocycles. The zero-order valence-corrected chi connectivity index (χ0v) is 12.3. The number of rotatable bonds is 3. The van der Waals surface area contributed by atoms with Crippen LogP contribution in [0.4, 0.5) is 0 Å². The van der Waals surface area contributed by atoms with E-state index in [9.17, 15) is 4.79 Å². The molecule has 3 rings (SSSR count). The SMILES string of the molecule is CCCC1(C(=O)N2CCC3CCCCC32)CCCN1. The van der Waals surface area contributed by atoms with Crippen molar-refractivity contribution < 1.29 is 4.79 Å². The van der Waals surface area contributed by atoms with Crippen molar-refractivity contribution in [2.24, 2.45) is 5.92 Å². The summed E-state index contributed by atoms with van der Waals surface area (Å²) >= 11 is 0. The zero-order chi connectivity index (χ0) is 13.3. The Morgan fingerprint density at radius 3 is 2.84 bits per heavy atom. The molecule has 2 saturated heterocycles. The maximum absolute atomic E-state index is 13.1. The van der Waals surface area contributed by atoms with Gasteiger partial charge in [-0.15, -0.1) is 0 Å². The van der Waals surface area contributed by atoms with Crippen LogP contribution in [0.1, 0.15) is 64.7 Å². The molecular formula is C16H28N2O. The van der Waals surface area contributed by atoms with Crippen LogP contribution < -0.4 is 5.32 Å². The Bertz CT molecular complexity index is 336. The van der Waals surface area contributed by atoms with Crippen molar-refractivity contribution in [1.29, 1.82) is 0 Å². The Morgan fingerprint density at radius 2 is 2.11 bits per heavy atom. The normalized spacial score (nSPS) is 38.5. The Morgan fingerprint density at radius 1 is 1.26 bits per heavy atom. The van der Waals surface area contributed by atoms with Gasteiger partial charge in [-0.2, -0.15) is 0 Å². The molecule has 3 unspecified atom stereocenters.